The van der Waals surface area contributed by atoms with Gasteiger partial charge in [-0.1, -0.05) is 35.2 Å². The summed E-state index contributed by atoms with van der Waals surface area (Å²) in [6.45, 7) is 1.89. The molecule has 1 fully saturated rings. The lowest BCUT2D eigenvalue weighted by Gasteiger charge is -2.22. The van der Waals surface area contributed by atoms with Crippen LogP contribution in [0.25, 0.3) is 0 Å². The highest BCUT2D eigenvalue weighted by atomic mass is 79.9. The molecule has 0 aliphatic heterocycles. The third-order valence-electron chi connectivity index (χ3n) is 3.37. The molecule has 0 heterocycles. The molecule has 1 aliphatic carbocycles. The van der Waals surface area contributed by atoms with Crippen LogP contribution in [-0.2, 0) is 10.0 Å². The number of hydrogen-bond donors (Lipinski definition) is 1. The van der Waals surface area contributed by atoms with Crippen LogP contribution in [0.4, 0.5) is 0 Å². The maximum atomic E-state index is 12.2. The molecule has 1 saturated carbocycles. The van der Waals surface area contributed by atoms with Crippen molar-refractivity contribution in [3.05, 3.63) is 28.2 Å². The van der Waals surface area contributed by atoms with Crippen molar-refractivity contribution in [2.24, 2.45) is 0 Å². The molecule has 0 aromatic heterocycles. The third kappa shape index (κ3) is 3.33. The van der Waals surface area contributed by atoms with Crippen molar-refractivity contribution in [1.29, 1.82) is 0 Å². The molecule has 0 spiro atoms. The average Bonchev–Trinajstić information content (AvgIpc) is 2.33. The van der Waals surface area contributed by atoms with Crippen LogP contribution in [0.15, 0.2) is 27.6 Å². The standard InChI is InChI=1S/C13H18BrNO2S/c1-10-9-12(7-8-13(10)14)18(16,17)15-11-5-3-2-4-6-11/h7-9,11,15H,2-6H2,1H3. The van der Waals surface area contributed by atoms with Gasteiger partial charge in [0.2, 0.25) is 10.0 Å². The van der Waals surface area contributed by atoms with E-state index in [9.17, 15) is 8.42 Å². The fourth-order valence-electron chi connectivity index (χ4n) is 2.29. The summed E-state index contributed by atoms with van der Waals surface area (Å²) in [6.07, 6.45) is 5.36. The van der Waals surface area contributed by atoms with Crippen molar-refractivity contribution in [1.82, 2.24) is 4.72 Å². The second kappa shape index (κ2) is 5.72. The molecular formula is C13H18BrNO2S. The van der Waals surface area contributed by atoms with Crippen LogP contribution in [0, 0.1) is 6.92 Å². The predicted molar refractivity (Wildman–Crippen MR) is 76.1 cm³/mol. The summed E-state index contributed by atoms with van der Waals surface area (Å²) < 4.78 is 28.2. The Hall–Kier alpha value is -0.390. The van der Waals surface area contributed by atoms with E-state index < -0.39 is 10.0 Å². The van der Waals surface area contributed by atoms with Gasteiger partial charge in [0.15, 0.2) is 0 Å². The quantitative estimate of drug-likeness (QED) is 0.922. The first-order chi connectivity index (χ1) is 8.49. The number of benzene rings is 1. The minimum absolute atomic E-state index is 0.104. The van der Waals surface area contributed by atoms with Crippen molar-refractivity contribution in [3.8, 4) is 0 Å². The van der Waals surface area contributed by atoms with E-state index >= 15 is 0 Å². The fourth-order valence-corrected chi connectivity index (χ4v) is 3.93. The summed E-state index contributed by atoms with van der Waals surface area (Å²) in [5.41, 5.74) is 0.932. The van der Waals surface area contributed by atoms with Gasteiger partial charge in [0, 0.05) is 10.5 Å². The van der Waals surface area contributed by atoms with Crippen molar-refractivity contribution < 1.29 is 8.42 Å². The Kier molecular flexibility index (Phi) is 4.45. The highest BCUT2D eigenvalue weighted by Gasteiger charge is 2.21. The molecule has 1 N–H and O–H groups in total. The van der Waals surface area contributed by atoms with Gasteiger partial charge in [-0.15, -0.1) is 0 Å². The summed E-state index contributed by atoms with van der Waals surface area (Å²) >= 11 is 3.38. The Bertz CT molecular complexity index is 522. The molecule has 0 amide bonds. The highest BCUT2D eigenvalue weighted by Crippen LogP contribution is 2.22. The SMILES string of the molecule is Cc1cc(S(=O)(=O)NC2CCCCC2)ccc1Br. The van der Waals surface area contributed by atoms with Crippen molar-refractivity contribution in [2.45, 2.75) is 50.0 Å². The summed E-state index contributed by atoms with van der Waals surface area (Å²) in [5.74, 6) is 0. The molecule has 0 radical (unpaired) electrons. The first-order valence-corrected chi connectivity index (χ1v) is 8.55. The van der Waals surface area contributed by atoms with Gasteiger partial charge >= 0.3 is 0 Å². The largest absolute Gasteiger partial charge is 0.240 e. The van der Waals surface area contributed by atoms with Crippen molar-refractivity contribution in [2.75, 3.05) is 0 Å². The van der Waals surface area contributed by atoms with Crippen LogP contribution in [0.3, 0.4) is 0 Å². The smallest absolute Gasteiger partial charge is 0.208 e. The maximum absolute atomic E-state index is 12.2. The number of rotatable bonds is 3. The number of nitrogens with one attached hydrogen (secondary N) is 1. The van der Waals surface area contributed by atoms with Crippen molar-refractivity contribution >= 4 is 26.0 Å². The van der Waals surface area contributed by atoms with Gasteiger partial charge in [-0.3, -0.25) is 0 Å². The molecule has 0 saturated heterocycles. The van der Waals surface area contributed by atoms with E-state index in [4.69, 9.17) is 0 Å². The molecule has 1 aromatic carbocycles. The topological polar surface area (TPSA) is 46.2 Å². The van der Waals surface area contributed by atoms with Crippen LogP contribution in [0.2, 0.25) is 0 Å². The van der Waals surface area contributed by atoms with Crippen LogP contribution in [0.5, 0.6) is 0 Å². The molecule has 5 heteroatoms. The zero-order valence-electron chi connectivity index (χ0n) is 10.4. The minimum Gasteiger partial charge on any atom is -0.208 e. The first-order valence-electron chi connectivity index (χ1n) is 6.27. The Morgan fingerprint density at radius 3 is 2.50 bits per heavy atom. The first kappa shape index (κ1) is 14.0. The van der Waals surface area contributed by atoms with E-state index in [-0.39, 0.29) is 6.04 Å². The highest BCUT2D eigenvalue weighted by molar-refractivity contribution is 9.10. The van der Waals surface area contributed by atoms with E-state index in [2.05, 4.69) is 20.7 Å². The minimum atomic E-state index is -3.37. The van der Waals surface area contributed by atoms with Crippen LogP contribution < -0.4 is 4.72 Å². The number of halogens is 1. The van der Waals surface area contributed by atoms with Gasteiger partial charge in [-0.2, -0.15) is 0 Å². The third-order valence-corrected chi connectivity index (χ3v) is 5.77. The fraction of sp³-hybridized carbons (Fsp3) is 0.538. The van der Waals surface area contributed by atoms with Crippen molar-refractivity contribution in [3.63, 3.8) is 0 Å². The Morgan fingerprint density at radius 2 is 1.89 bits per heavy atom. The van der Waals surface area contributed by atoms with Gasteiger partial charge in [-0.05, 0) is 43.5 Å². The Morgan fingerprint density at radius 1 is 1.22 bits per heavy atom. The number of hydrogen-bond acceptors (Lipinski definition) is 2. The average molecular weight is 332 g/mol. The van der Waals surface area contributed by atoms with E-state index in [0.717, 1.165) is 35.7 Å². The molecular weight excluding hydrogens is 314 g/mol. The van der Waals surface area contributed by atoms with Gasteiger partial charge < -0.3 is 0 Å². The van der Waals surface area contributed by atoms with Gasteiger partial charge in [-0.25, -0.2) is 13.1 Å². The van der Waals surface area contributed by atoms with E-state index in [1.807, 2.05) is 6.92 Å². The van der Waals surface area contributed by atoms with Crippen LogP contribution in [-0.4, -0.2) is 14.5 Å². The van der Waals surface area contributed by atoms with E-state index in [1.54, 1.807) is 18.2 Å². The maximum Gasteiger partial charge on any atom is 0.240 e. The van der Waals surface area contributed by atoms with Gasteiger partial charge in [0.05, 0.1) is 4.90 Å². The zero-order valence-corrected chi connectivity index (χ0v) is 12.9. The second-order valence-corrected chi connectivity index (χ2v) is 7.44. The molecule has 0 atom stereocenters. The monoisotopic (exact) mass is 331 g/mol. The molecule has 2 rings (SSSR count). The molecule has 18 heavy (non-hydrogen) atoms. The lowest BCUT2D eigenvalue weighted by molar-refractivity contribution is 0.412. The van der Waals surface area contributed by atoms with Crippen LogP contribution >= 0.6 is 15.9 Å². The number of sulfonamides is 1. The second-order valence-electron chi connectivity index (χ2n) is 4.87. The molecule has 3 nitrogen and oxygen atoms in total. The predicted octanol–water partition coefficient (Wildman–Crippen LogP) is 3.37. The summed E-state index contributed by atoms with van der Waals surface area (Å²) in [5, 5.41) is 0. The molecule has 100 valence electrons. The lowest BCUT2D eigenvalue weighted by Crippen LogP contribution is -2.36. The molecule has 0 bridgehead atoms. The normalized spacial score (nSPS) is 17.9. The zero-order chi connectivity index (χ0) is 13.2. The lowest BCUT2D eigenvalue weighted by atomic mass is 9.96. The van der Waals surface area contributed by atoms with Crippen LogP contribution in [0.1, 0.15) is 37.7 Å². The molecule has 0 unspecified atom stereocenters. The molecule has 1 aromatic rings. The Labute approximate surface area is 117 Å². The van der Waals surface area contributed by atoms with Gasteiger partial charge in [0.25, 0.3) is 0 Å². The van der Waals surface area contributed by atoms with E-state index in [1.165, 1.54) is 6.42 Å². The number of aryl methyl sites for hydroxylation is 1. The summed E-state index contributed by atoms with van der Waals surface area (Å²) in [4.78, 5) is 0.355. The van der Waals surface area contributed by atoms with Gasteiger partial charge in [0.1, 0.15) is 0 Å². The van der Waals surface area contributed by atoms with E-state index in [0.29, 0.717) is 4.90 Å². The Balaban J connectivity index is 2.16. The summed E-state index contributed by atoms with van der Waals surface area (Å²) in [7, 11) is -3.37. The molecule has 1 aliphatic rings. The summed E-state index contributed by atoms with van der Waals surface area (Å²) in [6, 6.07) is 5.23.